The molecule has 0 fully saturated rings. The summed E-state index contributed by atoms with van der Waals surface area (Å²) in [4.78, 5) is 54.3. The van der Waals surface area contributed by atoms with Gasteiger partial charge >= 0.3 is 12.1 Å². The van der Waals surface area contributed by atoms with Gasteiger partial charge in [-0.2, -0.15) is 5.48 Å². The summed E-state index contributed by atoms with van der Waals surface area (Å²) in [6.45, 7) is 0.0498. The number of unbranched alkanes of at least 4 members (excludes halogenated alkanes) is 3. The minimum Gasteiger partial charge on any atom is -0.445 e. The molecule has 3 N–H and O–H groups in total. The van der Waals surface area contributed by atoms with Crippen LogP contribution in [0.5, 0.6) is 0 Å². The molecule has 9 nitrogen and oxygen atoms in total. The lowest BCUT2D eigenvalue weighted by Crippen LogP contribution is -2.45. The number of nitrogens with one attached hydrogen (secondary N) is 3. The van der Waals surface area contributed by atoms with E-state index in [-0.39, 0.29) is 25.4 Å². The van der Waals surface area contributed by atoms with Gasteiger partial charge in [-0.1, -0.05) is 91.7 Å². The second-order valence-corrected chi connectivity index (χ2v) is 9.22. The number of ether oxygens (including phenoxy) is 1. The smallest absolute Gasteiger partial charge is 0.408 e. The summed E-state index contributed by atoms with van der Waals surface area (Å²) in [7, 11) is 0. The van der Waals surface area contributed by atoms with Gasteiger partial charge in [0.1, 0.15) is 12.6 Å². The van der Waals surface area contributed by atoms with E-state index in [1.54, 1.807) is 0 Å². The van der Waals surface area contributed by atoms with Gasteiger partial charge in [0, 0.05) is 24.9 Å². The van der Waals surface area contributed by atoms with Crippen LogP contribution in [0.25, 0.3) is 0 Å². The molecule has 3 aromatic carbocycles. The van der Waals surface area contributed by atoms with Crippen LogP contribution in [0.3, 0.4) is 0 Å². The number of para-hydroxylation sites is 1. The van der Waals surface area contributed by atoms with Crippen LogP contribution in [0.4, 0.5) is 10.5 Å². The van der Waals surface area contributed by atoms with E-state index in [2.05, 4.69) is 16.1 Å². The predicted molar refractivity (Wildman–Crippen MR) is 151 cm³/mol. The van der Waals surface area contributed by atoms with Crippen LogP contribution in [-0.4, -0.2) is 29.9 Å². The maximum Gasteiger partial charge on any atom is 0.408 e. The molecule has 3 aromatic rings. The Morgan fingerprint density at radius 1 is 0.650 bits per heavy atom. The van der Waals surface area contributed by atoms with Crippen LogP contribution < -0.4 is 16.1 Å². The lowest BCUT2D eigenvalue weighted by atomic mass is 10.1. The van der Waals surface area contributed by atoms with E-state index < -0.39 is 24.0 Å². The molecule has 0 saturated carbocycles. The summed E-state index contributed by atoms with van der Waals surface area (Å²) in [5.74, 6) is -1.29. The molecule has 9 heteroatoms. The van der Waals surface area contributed by atoms with Crippen LogP contribution >= 0.6 is 0 Å². The van der Waals surface area contributed by atoms with Gasteiger partial charge in [0.25, 0.3) is 5.91 Å². The molecule has 3 amide bonds. The van der Waals surface area contributed by atoms with Gasteiger partial charge in [0.05, 0.1) is 0 Å². The maximum absolute atomic E-state index is 12.7. The lowest BCUT2D eigenvalue weighted by molar-refractivity contribution is -0.160. The normalized spacial score (nSPS) is 11.1. The Kier molecular flexibility index (Phi) is 12.7. The van der Waals surface area contributed by atoms with Gasteiger partial charge in [-0.15, -0.1) is 0 Å². The van der Waals surface area contributed by atoms with Gasteiger partial charge < -0.3 is 20.2 Å². The van der Waals surface area contributed by atoms with E-state index in [1.807, 2.05) is 91.0 Å². The Morgan fingerprint density at radius 2 is 1.20 bits per heavy atom. The average Bonchev–Trinajstić information content (AvgIpc) is 2.98. The number of hydrogen-bond donors (Lipinski definition) is 3. The molecule has 0 bridgehead atoms. The van der Waals surface area contributed by atoms with E-state index in [4.69, 9.17) is 9.57 Å². The zero-order valence-corrected chi connectivity index (χ0v) is 22.3. The summed E-state index contributed by atoms with van der Waals surface area (Å²) in [6, 6.07) is 26.5. The van der Waals surface area contributed by atoms with Crippen molar-refractivity contribution in [1.82, 2.24) is 10.8 Å². The highest BCUT2D eigenvalue weighted by atomic mass is 16.7. The fourth-order valence-electron chi connectivity index (χ4n) is 3.85. The van der Waals surface area contributed by atoms with Gasteiger partial charge in [0.2, 0.25) is 5.91 Å². The number of carbonyl (C=O) groups excluding carboxylic acids is 4. The van der Waals surface area contributed by atoms with Crippen molar-refractivity contribution in [3.8, 4) is 0 Å². The molecule has 40 heavy (non-hydrogen) atoms. The maximum atomic E-state index is 12.7. The van der Waals surface area contributed by atoms with Crippen LogP contribution in [0.15, 0.2) is 91.0 Å². The molecule has 0 aliphatic rings. The van der Waals surface area contributed by atoms with Gasteiger partial charge in [-0.25, -0.2) is 9.59 Å². The van der Waals surface area contributed by atoms with Gasteiger partial charge in [0.15, 0.2) is 0 Å². The Morgan fingerprint density at radius 3 is 1.82 bits per heavy atom. The number of anilines is 1. The van der Waals surface area contributed by atoms with Crippen LogP contribution in [0.2, 0.25) is 0 Å². The molecule has 0 aromatic heterocycles. The SMILES string of the molecule is O=C(CCCCCCC(=O)Nc1ccccc1)NOC(=O)C(Cc1ccccc1)NC(=O)OCc1ccccc1. The third kappa shape index (κ3) is 11.8. The van der Waals surface area contributed by atoms with E-state index in [1.165, 1.54) is 0 Å². The lowest BCUT2D eigenvalue weighted by Gasteiger charge is -2.17. The van der Waals surface area contributed by atoms with Crippen molar-refractivity contribution < 1.29 is 28.8 Å². The van der Waals surface area contributed by atoms with E-state index in [0.29, 0.717) is 19.3 Å². The first-order chi connectivity index (χ1) is 19.5. The Bertz CT molecular complexity index is 1210. The summed E-state index contributed by atoms with van der Waals surface area (Å²) in [5, 5.41) is 5.37. The van der Waals surface area contributed by atoms with Crippen molar-refractivity contribution >= 4 is 29.6 Å². The highest BCUT2D eigenvalue weighted by Crippen LogP contribution is 2.10. The van der Waals surface area contributed by atoms with Crippen molar-refractivity contribution in [1.29, 1.82) is 0 Å². The Labute approximate surface area is 234 Å². The zero-order chi connectivity index (χ0) is 28.4. The minimum atomic E-state index is -1.06. The monoisotopic (exact) mass is 545 g/mol. The topological polar surface area (TPSA) is 123 Å². The van der Waals surface area contributed by atoms with Crippen LogP contribution in [0, 0.1) is 0 Å². The second kappa shape index (κ2) is 17.0. The summed E-state index contributed by atoms with van der Waals surface area (Å²) in [5.41, 5.74) is 4.55. The average molecular weight is 546 g/mol. The number of carbonyl (C=O) groups is 4. The largest absolute Gasteiger partial charge is 0.445 e. The first-order valence-electron chi connectivity index (χ1n) is 13.3. The minimum absolute atomic E-state index is 0.0431. The van der Waals surface area contributed by atoms with Crippen molar-refractivity contribution in [2.75, 3.05) is 5.32 Å². The quantitative estimate of drug-likeness (QED) is 0.192. The summed E-state index contributed by atoms with van der Waals surface area (Å²) < 4.78 is 5.23. The molecule has 0 aliphatic heterocycles. The molecular weight excluding hydrogens is 510 g/mol. The van der Waals surface area contributed by atoms with Crippen molar-refractivity contribution in [2.45, 2.75) is 57.6 Å². The molecule has 210 valence electrons. The van der Waals surface area contributed by atoms with Crippen molar-refractivity contribution in [2.24, 2.45) is 0 Å². The second-order valence-electron chi connectivity index (χ2n) is 9.22. The van der Waals surface area contributed by atoms with Crippen molar-refractivity contribution in [3.05, 3.63) is 102 Å². The zero-order valence-electron chi connectivity index (χ0n) is 22.3. The standard InChI is InChI=1S/C31H35N3O6/c35-28(32-26-18-10-5-11-19-26)20-12-1-2-13-21-29(36)34-40-30(37)27(22-24-14-6-3-7-15-24)33-31(38)39-23-25-16-8-4-9-17-25/h3-11,14-19,27H,1-2,12-13,20-23H2,(H,32,35)(H,33,38)(H,34,36). The fourth-order valence-corrected chi connectivity index (χ4v) is 3.85. The summed E-state index contributed by atoms with van der Waals surface area (Å²) >= 11 is 0. The van der Waals surface area contributed by atoms with E-state index in [0.717, 1.165) is 29.7 Å². The Hall–Kier alpha value is -4.66. The molecule has 3 rings (SSSR count). The van der Waals surface area contributed by atoms with Crippen LogP contribution in [0.1, 0.15) is 49.7 Å². The predicted octanol–water partition coefficient (Wildman–Crippen LogP) is 5.08. The highest BCUT2D eigenvalue weighted by Gasteiger charge is 2.25. The number of hydrogen-bond acceptors (Lipinski definition) is 6. The van der Waals surface area contributed by atoms with E-state index >= 15 is 0 Å². The molecular formula is C31H35N3O6. The third-order valence-electron chi connectivity index (χ3n) is 5.95. The van der Waals surface area contributed by atoms with Crippen molar-refractivity contribution in [3.63, 3.8) is 0 Å². The molecule has 0 heterocycles. The third-order valence-corrected chi connectivity index (χ3v) is 5.95. The van der Waals surface area contributed by atoms with Gasteiger partial charge in [-0.05, 0) is 36.1 Å². The molecule has 1 unspecified atom stereocenters. The number of benzene rings is 3. The number of alkyl carbamates (subject to hydrolysis) is 1. The molecule has 0 saturated heterocycles. The summed E-state index contributed by atoms with van der Waals surface area (Å²) in [6.07, 6.45) is 2.80. The highest BCUT2D eigenvalue weighted by molar-refractivity contribution is 5.90. The number of hydroxylamine groups is 1. The molecule has 0 aliphatic carbocycles. The number of rotatable bonds is 14. The molecule has 0 radical (unpaired) electrons. The molecule has 1 atom stereocenters. The van der Waals surface area contributed by atoms with Gasteiger partial charge in [-0.3, -0.25) is 9.59 Å². The first kappa shape index (κ1) is 29.9. The first-order valence-corrected chi connectivity index (χ1v) is 13.3. The fraction of sp³-hybridized carbons (Fsp3) is 0.290. The number of amides is 3. The Balaban J connectivity index is 1.35. The van der Waals surface area contributed by atoms with Crippen LogP contribution in [-0.2, 0) is 37.0 Å². The van der Waals surface area contributed by atoms with E-state index in [9.17, 15) is 19.2 Å². The molecule has 0 spiro atoms.